The second kappa shape index (κ2) is 6.06. The molecule has 0 aliphatic rings. The zero-order valence-corrected chi connectivity index (χ0v) is 12.1. The lowest BCUT2D eigenvalue weighted by Gasteiger charge is -2.21. The molecular formula is C17H20FNO. The second-order valence-corrected chi connectivity index (χ2v) is 5.18. The van der Waals surface area contributed by atoms with Gasteiger partial charge in [0.15, 0.2) is 0 Å². The van der Waals surface area contributed by atoms with Crippen LogP contribution in [0.1, 0.15) is 28.3 Å². The van der Waals surface area contributed by atoms with Crippen LogP contribution in [0, 0.1) is 26.6 Å². The number of aliphatic hydroxyl groups is 1. The van der Waals surface area contributed by atoms with Gasteiger partial charge in [-0.15, -0.1) is 0 Å². The maximum Gasteiger partial charge on any atom is 0.125 e. The standard InChI is InChI=1S/C17H20FNO/c1-11-7-13(3)16(8-12(11)2)17(10-20)19-15-6-4-5-14(18)9-15/h4-9,17,19-20H,10H2,1-3H3. The second-order valence-electron chi connectivity index (χ2n) is 5.18. The van der Waals surface area contributed by atoms with E-state index < -0.39 is 0 Å². The maximum absolute atomic E-state index is 13.2. The molecule has 0 saturated carbocycles. The van der Waals surface area contributed by atoms with Crippen molar-refractivity contribution >= 4 is 5.69 Å². The van der Waals surface area contributed by atoms with Crippen molar-refractivity contribution in [3.63, 3.8) is 0 Å². The van der Waals surface area contributed by atoms with E-state index >= 15 is 0 Å². The monoisotopic (exact) mass is 273 g/mol. The summed E-state index contributed by atoms with van der Waals surface area (Å²) in [5.41, 5.74) is 5.25. The first-order valence-corrected chi connectivity index (χ1v) is 6.72. The van der Waals surface area contributed by atoms with Gasteiger partial charge in [0.25, 0.3) is 0 Å². The Balaban J connectivity index is 2.31. The molecule has 2 rings (SSSR count). The minimum Gasteiger partial charge on any atom is -0.394 e. The summed E-state index contributed by atoms with van der Waals surface area (Å²) in [5, 5.41) is 12.8. The predicted molar refractivity (Wildman–Crippen MR) is 80.5 cm³/mol. The minimum absolute atomic E-state index is 0.0418. The Morgan fingerprint density at radius 3 is 2.40 bits per heavy atom. The average Bonchev–Trinajstić information content (AvgIpc) is 2.40. The summed E-state index contributed by atoms with van der Waals surface area (Å²) in [6.45, 7) is 6.10. The Kier molecular flexibility index (Phi) is 4.40. The molecule has 0 aromatic heterocycles. The van der Waals surface area contributed by atoms with Crippen LogP contribution in [-0.4, -0.2) is 11.7 Å². The maximum atomic E-state index is 13.2. The largest absolute Gasteiger partial charge is 0.394 e. The van der Waals surface area contributed by atoms with Gasteiger partial charge in [0.05, 0.1) is 12.6 Å². The predicted octanol–water partition coefficient (Wildman–Crippen LogP) is 3.90. The van der Waals surface area contributed by atoms with Gasteiger partial charge in [-0.25, -0.2) is 4.39 Å². The van der Waals surface area contributed by atoms with E-state index in [2.05, 4.69) is 31.3 Å². The molecule has 0 fully saturated rings. The van der Waals surface area contributed by atoms with Crippen molar-refractivity contribution < 1.29 is 9.50 Å². The molecule has 20 heavy (non-hydrogen) atoms. The highest BCUT2D eigenvalue weighted by Gasteiger charge is 2.14. The summed E-state index contributed by atoms with van der Waals surface area (Å²) in [6.07, 6.45) is 0. The van der Waals surface area contributed by atoms with Crippen molar-refractivity contribution in [2.24, 2.45) is 0 Å². The fourth-order valence-corrected chi connectivity index (χ4v) is 2.36. The quantitative estimate of drug-likeness (QED) is 0.885. The number of aliphatic hydroxyl groups excluding tert-OH is 1. The number of aryl methyl sites for hydroxylation is 3. The third-order valence-electron chi connectivity index (χ3n) is 3.61. The van der Waals surface area contributed by atoms with Gasteiger partial charge in [-0.2, -0.15) is 0 Å². The van der Waals surface area contributed by atoms with E-state index in [1.54, 1.807) is 12.1 Å². The van der Waals surface area contributed by atoms with Gasteiger partial charge in [-0.1, -0.05) is 18.2 Å². The van der Waals surface area contributed by atoms with Gasteiger partial charge >= 0.3 is 0 Å². The normalized spacial score (nSPS) is 12.2. The minimum atomic E-state index is -0.288. The first-order valence-electron chi connectivity index (χ1n) is 6.72. The third kappa shape index (κ3) is 3.17. The number of nitrogens with one attached hydrogen (secondary N) is 1. The zero-order valence-electron chi connectivity index (χ0n) is 12.1. The summed E-state index contributed by atoms with van der Waals surface area (Å²) < 4.78 is 13.2. The van der Waals surface area contributed by atoms with Gasteiger partial charge in [0.2, 0.25) is 0 Å². The van der Waals surface area contributed by atoms with Crippen LogP contribution in [0.25, 0.3) is 0 Å². The summed E-state index contributed by atoms with van der Waals surface area (Å²) in [5.74, 6) is -0.288. The topological polar surface area (TPSA) is 32.3 Å². The summed E-state index contributed by atoms with van der Waals surface area (Å²) >= 11 is 0. The van der Waals surface area contributed by atoms with Crippen molar-refractivity contribution in [1.82, 2.24) is 0 Å². The average molecular weight is 273 g/mol. The molecule has 2 aromatic rings. The molecule has 0 amide bonds. The molecule has 0 spiro atoms. The van der Waals surface area contributed by atoms with Gasteiger partial charge in [-0.05, 0) is 61.2 Å². The number of hydrogen-bond donors (Lipinski definition) is 2. The Hall–Kier alpha value is -1.87. The smallest absolute Gasteiger partial charge is 0.125 e. The van der Waals surface area contributed by atoms with E-state index in [4.69, 9.17) is 0 Å². The van der Waals surface area contributed by atoms with E-state index in [0.717, 1.165) is 11.1 Å². The van der Waals surface area contributed by atoms with Gasteiger partial charge < -0.3 is 10.4 Å². The van der Waals surface area contributed by atoms with Crippen molar-refractivity contribution in [3.05, 3.63) is 64.5 Å². The van der Waals surface area contributed by atoms with Crippen LogP contribution < -0.4 is 5.32 Å². The summed E-state index contributed by atoms with van der Waals surface area (Å²) in [4.78, 5) is 0. The molecule has 0 aliphatic carbocycles. The lowest BCUT2D eigenvalue weighted by atomic mass is 9.96. The molecule has 2 aromatic carbocycles. The van der Waals surface area contributed by atoms with Crippen LogP contribution >= 0.6 is 0 Å². The van der Waals surface area contributed by atoms with E-state index in [0.29, 0.717) is 5.69 Å². The lowest BCUT2D eigenvalue weighted by Crippen LogP contribution is -2.16. The van der Waals surface area contributed by atoms with Crippen molar-refractivity contribution in [1.29, 1.82) is 0 Å². The fraction of sp³-hybridized carbons (Fsp3) is 0.294. The summed E-state index contributed by atoms with van der Waals surface area (Å²) in [6, 6.07) is 10.2. The van der Waals surface area contributed by atoms with Crippen molar-refractivity contribution in [2.45, 2.75) is 26.8 Å². The molecule has 2 N–H and O–H groups in total. The van der Waals surface area contributed by atoms with Crippen LogP contribution in [0.5, 0.6) is 0 Å². The van der Waals surface area contributed by atoms with Crippen LogP contribution in [0.15, 0.2) is 36.4 Å². The van der Waals surface area contributed by atoms with Crippen molar-refractivity contribution in [3.8, 4) is 0 Å². The highest BCUT2D eigenvalue weighted by molar-refractivity contribution is 5.48. The molecule has 1 atom stereocenters. The van der Waals surface area contributed by atoms with Crippen LogP contribution in [0.4, 0.5) is 10.1 Å². The van der Waals surface area contributed by atoms with E-state index in [1.807, 2.05) is 6.92 Å². The molecule has 1 unspecified atom stereocenters. The third-order valence-corrected chi connectivity index (χ3v) is 3.61. The van der Waals surface area contributed by atoms with E-state index in [-0.39, 0.29) is 18.5 Å². The Bertz CT molecular complexity index is 610. The molecule has 3 heteroatoms. The van der Waals surface area contributed by atoms with Crippen LogP contribution in [0.2, 0.25) is 0 Å². The number of halogens is 1. The Labute approximate surface area is 119 Å². The van der Waals surface area contributed by atoms with Crippen LogP contribution in [0.3, 0.4) is 0 Å². The zero-order chi connectivity index (χ0) is 14.7. The fourth-order valence-electron chi connectivity index (χ4n) is 2.36. The van der Waals surface area contributed by atoms with E-state index in [9.17, 15) is 9.50 Å². The molecule has 0 aliphatic heterocycles. The molecule has 0 saturated heterocycles. The number of hydrogen-bond acceptors (Lipinski definition) is 2. The molecule has 0 radical (unpaired) electrons. The van der Waals surface area contributed by atoms with Gasteiger partial charge in [0.1, 0.15) is 5.82 Å². The van der Waals surface area contributed by atoms with Gasteiger partial charge in [0, 0.05) is 5.69 Å². The highest BCUT2D eigenvalue weighted by atomic mass is 19.1. The van der Waals surface area contributed by atoms with E-state index in [1.165, 1.54) is 23.3 Å². The molecule has 106 valence electrons. The first-order chi connectivity index (χ1) is 9.51. The number of rotatable bonds is 4. The SMILES string of the molecule is Cc1cc(C)c(C(CO)Nc2cccc(F)c2)cc1C. The van der Waals surface area contributed by atoms with Crippen molar-refractivity contribution in [2.75, 3.05) is 11.9 Å². The molecule has 2 nitrogen and oxygen atoms in total. The van der Waals surface area contributed by atoms with Crippen LogP contribution in [-0.2, 0) is 0 Å². The lowest BCUT2D eigenvalue weighted by molar-refractivity contribution is 0.276. The van der Waals surface area contributed by atoms with Gasteiger partial charge in [-0.3, -0.25) is 0 Å². The number of anilines is 1. The molecule has 0 bridgehead atoms. The Morgan fingerprint density at radius 1 is 1.05 bits per heavy atom. The Morgan fingerprint density at radius 2 is 1.75 bits per heavy atom. The number of benzene rings is 2. The molecule has 0 heterocycles. The highest BCUT2D eigenvalue weighted by Crippen LogP contribution is 2.25. The molecular weight excluding hydrogens is 253 g/mol. The first kappa shape index (κ1) is 14.5. The summed E-state index contributed by atoms with van der Waals surface area (Å²) in [7, 11) is 0.